The molecule has 0 aliphatic carbocycles. The molecule has 1 fully saturated rings. The Kier molecular flexibility index (Phi) is 4.08. The normalized spacial score (nSPS) is 16.1. The van der Waals surface area contributed by atoms with Crippen molar-refractivity contribution in [1.82, 2.24) is 20.0 Å². The zero-order valence-corrected chi connectivity index (χ0v) is 12.0. The van der Waals surface area contributed by atoms with Crippen molar-refractivity contribution in [2.24, 2.45) is 0 Å². The molecule has 2 rings (SSSR count). The first kappa shape index (κ1) is 14.5. The van der Waals surface area contributed by atoms with Gasteiger partial charge in [-0.1, -0.05) is 0 Å². The van der Waals surface area contributed by atoms with Crippen LogP contribution in [-0.4, -0.2) is 58.5 Å². The number of rotatable bonds is 1. The zero-order chi connectivity index (χ0) is 14.8. The predicted molar refractivity (Wildman–Crippen MR) is 72.6 cm³/mol. The summed E-state index contributed by atoms with van der Waals surface area (Å²) in [5, 5.41) is 7.12. The van der Waals surface area contributed by atoms with Crippen molar-refractivity contribution in [2.45, 2.75) is 26.4 Å². The van der Waals surface area contributed by atoms with Crippen molar-refractivity contribution in [3.63, 3.8) is 0 Å². The van der Waals surface area contributed by atoms with Gasteiger partial charge in [0.1, 0.15) is 5.60 Å². The van der Waals surface area contributed by atoms with Crippen LogP contribution in [0.1, 0.15) is 31.1 Å². The van der Waals surface area contributed by atoms with E-state index in [0.29, 0.717) is 13.1 Å². The number of ether oxygens (including phenoxy) is 1. The molecule has 0 radical (unpaired) electrons. The van der Waals surface area contributed by atoms with Crippen LogP contribution in [0.15, 0.2) is 12.4 Å². The van der Waals surface area contributed by atoms with Gasteiger partial charge in [-0.3, -0.25) is 0 Å². The van der Waals surface area contributed by atoms with Crippen molar-refractivity contribution in [2.75, 3.05) is 26.2 Å². The Hall–Kier alpha value is -1.89. The van der Waals surface area contributed by atoms with Gasteiger partial charge in [-0.15, -0.1) is 0 Å². The second-order valence-electron chi connectivity index (χ2n) is 5.70. The van der Waals surface area contributed by atoms with Crippen LogP contribution in [0.2, 0.25) is 0 Å². The molecule has 1 saturated heterocycles. The molecule has 110 valence electrons. The van der Waals surface area contributed by atoms with Crippen LogP contribution in [0.4, 0.5) is 4.79 Å². The Morgan fingerprint density at radius 3 is 2.55 bits per heavy atom. The van der Waals surface area contributed by atoms with Crippen molar-refractivity contribution < 1.29 is 14.3 Å². The summed E-state index contributed by atoms with van der Waals surface area (Å²) in [6.45, 7) is 8.20. The van der Waals surface area contributed by atoms with E-state index < -0.39 is 11.6 Å². The van der Waals surface area contributed by atoms with Gasteiger partial charge < -0.3 is 15.0 Å². The third-order valence-electron chi connectivity index (χ3n) is 2.80. The number of piperazine rings is 1. The zero-order valence-electron chi connectivity index (χ0n) is 12.0. The maximum Gasteiger partial charge on any atom is 0.344 e. The number of amides is 1. The highest BCUT2D eigenvalue weighted by Crippen LogP contribution is 2.11. The molecule has 0 bridgehead atoms. The lowest BCUT2D eigenvalue weighted by molar-refractivity contribution is 0.00695. The van der Waals surface area contributed by atoms with Crippen LogP contribution < -0.4 is 5.32 Å². The topological polar surface area (TPSA) is 76.5 Å². The molecule has 1 aliphatic heterocycles. The number of hydrogen-bond donors (Lipinski definition) is 1. The monoisotopic (exact) mass is 280 g/mol. The van der Waals surface area contributed by atoms with Gasteiger partial charge in [0, 0.05) is 26.2 Å². The van der Waals surface area contributed by atoms with E-state index in [4.69, 9.17) is 4.74 Å². The molecular weight excluding hydrogens is 260 g/mol. The Balaban J connectivity index is 2.04. The summed E-state index contributed by atoms with van der Waals surface area (Å²) < 4.78 is 6.42. The number of nitrogens with one attached hydrogen (secondary N) is 1. The third-order valence-corrected chi connectivity index (χ3v) is 2.80. The molecule has 1 aliphatic rings. The fraction of sp³-hybridized carbons (Fsp3) is 0.615. The van der Waals surface area contributed by atoms with Gasteiger partial charge in [0.25, 0.3) is 0 Å². The summed E-state index contributed by atoms with van der Waals surface area (Å²) in [5.41, 5.74) is -0.287. The molecule has 0 aromatic carbocycles. The van der Waals surface area contributed by atoms with E-state index in [2.05, 4.69) is 10.4 Å². The van der Waals surface area contributed by atoms with Crippen LogP contribution in [0.5, 0.6) is 0 Å². The fourth-order valence-corrected chi connectivity index (χ4v) is 1.87. The minimum absolute atomic E-state index is 0.221. The fourth-order valence-electron chi connectivity index (χ4n) is 1.87. The molecule has 0 atom stereocenters. The van der Waals surface area contributed by atoms with Gasteiger partial charge in [0.05, 0.1) is 18.0 Å². The van der Waals surface area contributed by atoms with E-state index in [0.717, 1.165) is 13.1 Å². The van der Waals surface area contributed by atoms with Crippen molar-refractivity contribution in [3.05, 3.63) is 18.0 Å². The molecule has 7 nitrogen and oxygen atoms in total. The van der Waals surface area contributed by atoms with Gasteiger partial charge in [0.15, 0.2) is 0 Å². The van der Waals surface area contributed by atoms with Gasteiger partial charge in [-0.2, -0.15) is 9.78 Å². The Morgan fingerprint density at radius 1 is 1.30 bits per heavy atom. The average Bonchev–Trinajstić information content (AvgIpc) is 2.86. The maximum atomic E-state index is 12.2. The maximum absolute atomic E-state index is 12.2. The lowest BCUT2D eigenvalue weighted by Crippen LogP contribution is -2.48. The van der Waals surface area contributed by atoms with E-state index in [-0.39, 0.29) is 11.6 Å². The molecule has 1 aromatic rings. The number of hydrogen-bond acceptors (Lipinski definition) is 5. The molecule has 1 aromatic heterocycles. The summed E-state index contributed by atoms with van der Waals surface area (Å²) in [4.78, 5) is 25.7. The van der Waals surface area contributed by atoms with Crippen molar-refractivity contribution >= 4 is 12.0 Å². The average molecular weight is 280 g/mol. The number of nitrogens with zero attached hydrogens (tertiary/aromatic N) is 3. The van der Waals surface area contributed by atoms with Crippen molar-refractivity contribution in [3.8, 4) is 0 Å². The molecule has 2 heterocycles. The second-order valence-corrected chi connectivity index (χ2v) is 5.70. The molecule has 7 heteroatoms. The summed E-state index contributed by atoms with van der Waals surface area (Å²) in [6.07, 6.45) is 2.77. The molecule has 0 saturated carbocycles. The minimum atomic E-state index is -0.568. The van der Waals surface area contributed by atoms with Gasteiger partial charge in [-0.25, -0.2) is 9.59 Å². The Morgan fingerprint density at radius 2 is 1.95 bits per heavy atom. The lowest BCUT2D eigenvalue weighted by atomic mass is 10.2. The van der Waals surface area contributed by atoms with E-state index >= 15 is 0 Å². The highest BCUT2D eigenvalue weighted by atomic mass is 16.6. The van der Waals surface area contributed by atoms with Crippen LogP contribution in [0.3, 0.4) is 0 Å². The summed E-state index contributed by atoms with van der Waals surface area (Å²) in [6, 6.07) is -0.221. The minimum Gasteiger partial charge on any atom is -0.456 e. The quantitative estimate of drug-likeness (QED) is 0.767. The van der Waals surface area contributed by atoms with E-state index in [1.54, 1.807) is 25.7 Å². The number of esters is 1. The molecule has 1 amide bonds. The van der Waals surface area contributed by atoms with Gasteiger partial charge in [-0.05, 0) is 20.8 Å². The number of carbonyl (C=O) groups is 2. The predicted octanol–water partition coefficient (Wildman–Crippen LogP) is 0.712. The number of aromatic nitrogens is 2. The smallest absolute Gasteiger partial charge is 0.344 e. The van der Waals surface area contributed by atoms with Gasteiger partial charge in [0.2, 0.25) is 0 Å². The highest BCUT2D eigenvalue weighted by molar-refractivity contribution is 5.90. The van der Waals surface area contributed by atoms with Crippen LogP contribution in [0, 0.1) is 0 Å². The first-order chi connectivity index (χ1) is 9.37. The van der Waals surface area contributed by atoms with Crippen LogP contribution in [0.25, 0.3) is 0 Å². The number of carbonyl (C=O) groups excluding carboxylic acids is 2. The van der Waals surface area contributed by atoms with Crippen molar-refractivity contribution in [1.29, 1.82) is 0 Å². The van der Waals surface area contributed by atoms with E-state index in [9.17, 15) is 9.59 Å². The summed E-state index contributed by atoms with van der Waals surface area (Å²) in [5.74, 6) is -0.475. The van der Waals surface area contributed by atoms with Crippen LogP contribution in [-0.2, 0) is 4.74 Å². The molecule has 20 heavy (non-hydrogen) atoms. The molecule has 1 N–H and O–H groups in total. The summed E-state index contributed by atoms with van der Waals surface area (Å²) >= 11 is 0. The summed E-state index contributed by atoms with van der Waals surface area (Å²) in [7, 11) is 0. The van der Waals surface area contributed by atoms with Gasteiger partial charge >= 0.3 is 12.0 Å². The Labute approximate surface area is 117 Å². The first-order valence-corrected chi connectivity index (χ1v) is 6.65. The van der Waals surface area contributed by atoms with Crippen LogP contribution >= 0.6 is 0 Å². The SMILES string of the molecule is CC(C)(C)OC(=O)c1cnn(C(=O)N2CCNCC2)c1. The first-order valence-electron chi connectivity index (χ1n) is 6.65. The molecule has 0 spiro atoms. The third kappa shape index (κ3) is 3.57. The van der Waals surface area contributed by atoms with E-state index in [1.807, 2.05) is 0 Å². The highest BCUT2D eigenvalue weighted by Gasteiger charge is 2.22. The standard InChI is InChI=1S/C13H20N4O3/c1-13(2,3)20-11(18)10-8-15-17(9-10)12(19)16-6-4-14-5-7-16/h8-9,14H,4-7H2,1-3H3. The van der Waals surface area contributed by atoms with E-state index in [1.165, 1.54) is 17.1 Å². The Bertz CT molecular complexity index is 498. The lowest BCUT2D eigenvalue weighted by Gasteiger charge is -2.26. The molecular formula is C13H20N4O3. The second kappa shape index (κ2) is 5.62. The molecule has 0 unspecified atom stereocenters. The largest absolute Gasteiger partial charge is 0.456 e.